The lowest BCUT2D eigenvalue weighted by molar-refractivity contribution is 0.261. The Balaban J connectivity index is 3.38. The number of hydrogen-bond donors (Lipinski definition) is 1. The summed E-state index contributed by atoms with van der Waals surface area (Å²) in [5.74, 6) is 0. The van der Waals surface area contributed by atoms with Gasteiger partial charge in [0.2, 0.25) is 0 Å². The number of rotatable bonds is 3. The summed E-state index contributed by atoms with van der Waals surface area (Å²) in [7, 11) is 2.09. The third-order valence-electron chi connectivity index (χ3n) is 1.46. The highest BCUT2D eigenvalue weighted by molar-refractivity contribution is 4.62. The van der Waals surface area contributed by atoms with E-state index in [0.29, 0.717) is 6.04 Å². The van der Waals surface area contributed by atoms with Gasteiger partial charge < -0.3 is 10.6 Å². The molecule has 0 aliphatic heterocycles. The quantitative estimate of drug-likeness (QED) is 0.608. The molecule has 1 unspecified atom stereocenters. The molecule has 0 rings (SSSR count). The first-order valence-corrected chi connectivity index (χ1v) is 3.50. The van der Waals surface area contributed by atoms with Crippen LogP contribution in [0.4, 0.5) is 0 Å². The van der Waals surface area contributed by atoms with Crippen LogP contribution in [0.2, 0.25) is 0 Å². The van der Waals surface area contributed by atoms with Gasteiger partial charge in [0.15, 0.2) is 0 Å². The first kappa shape index (κ1) is 8.92. The van der Waals surface area contributed by atoms with Crippen molar-refractivity contribution < 1.29 is 0 Å². The predicted octanol–water partition coefficient (Wildman–Crippen LogP) is 0.674. The van der Waals surface area contributed by atoms with Crippen LogP contribution >= 0.6 is 0 Å². The smallest absolute Gasteiger partial charge is 0.0139 e. The molecule has 2 nitrogen and oxygen atoms in total. The van der Waals surface area contributed by atoms with Gasteiger partial charge >= 0.3 is 0 Å². The van der Waals surface area contributed by atoms with Gasteiger partial charge in [-0.05, 0) is 27.8 Å². The Bertz CT molecular complexity index is 69.3. The van der Waals surface area contributed by atoms with E-state index >= 15 is 0 Å². The van der Waals surface area contributed by atoms with Crippen LogP contribution in [0.1, 0.15) is 20.8 Å². The van der Waals surface area contributed by atoms with Crippen molar-refractivity contribution in [2.45, 2.75) is 32.9 Å². The fourth-order valence-electron chi connectivity index (χ4n) is 0.665. The van der Waals surface area contributed by atoms with E-state index in [2.05, 4.69) is 25.8 Å². The summed E-state index contributed by atoms with van der Waals surface area (Å²) in [6, 6.07) is 0.897. The van der Waals surface area contributed by atoms with E-state index in [1.54, 1.807) is 0 Å². The van der Waals surface area contributed by atoms with Crippen LogP contribution in [-0.2, 0) is 0 Å². The number of hydrogen-bond acceptors (Lipinski definition) is 2. The van der Waals surface area contributed by atoms with Crippen LogP contribution < -0.4 is 5.73 Å². The molecule has 1 atom stereocenters. The van der Waals surface area contributed by atoms with Crippen LogP contribution in [-0.4, -0.2) is 30.6 Å². The van der Waals surface area contributed by atoms with E-state index in [9.17, 15) is 0 Å². The van der Waals surface area contributed by atoms with E-state index < -0.39 is 0 Å². The van der Waals surface area contributed by atoms with Crippen LogP contribution in [0.25, 0.3) is 0 Å². The summed E-state index contributed by atoms with van der Waals surface area (Å²) in [6.45, 7) is 7.35. The molecule has 0 aromatic heterocycles. The minimum atomic E-state index is 0.289. The molecule has 0 aromatic carbocycles. The summed E-state index contributed by atoms with van der Waals surface area (Å²) in [5.41, 5.74) is 5.59. The molecule has 0 saturated carbocycles. The molecule has 56 valence electrons. The Hall–Kier alpha value is -0.0800. The van der Waals surface area contributed by atoms with Crippen molar-refractivity contribution in [3.8, 4) is 0 Å². The van der Waals surface area contributed by atoms with Crippen molar-refractivity contribution in [3.05, 3.63) is 0 Å². The molecule has 0 radical (unpaired) electrons. The molecule has 0 fully saturated rings. The molecule has 0 spiro atoms. The topological polar surface area (TPSA) is 29.3 Å². The molecule has 2 heteroatoms. The summed E-state index contributed by atoms with van der Waals surface area (Å²) in [6.07, 6.45) is 0. The Morgan fingerprint density at radius 2 is 1.78 bits per heavy atom. The third kappa shape index (κ3) is 4.43. The van der Waals surface area contributed by atoms with Crippen molar-refractivity contribution in [3.63, 3.8) is 0 Å². The highest BCUT2D eigenvalue weighted by atomic mass is 15.1. The molecular formula is C7H18N2. The van der Waals surface area contributed by atoms with Crippen LogP contribution in [0, 0.1) is 0 Å². The molecule has 0 amide bonds. The lowest BCUT2D eigenvalue weighted by Gasteiger charge is -2.22. The minimum Gasteiger partial charge on any atom is -0.327 e. The van der Waals surface area contributed by atoms with Gasteiger partial charge in [0.05, 0.1) is 0 Å². The van der Waals surface area contributed by atoms with Gasteiger partial charge in [0, 0.05) is 18.6 Å². The SMILES string of the molecule is CC(N)CN(C)C(C)C. The number of nitrogens with two attached hydrogens (primary N) is 1. The Morgan fingerprint density at radius 1 is 1.33 bits per heavy atom. The number of nitrogens with zero attached hydrogens (tertiary/aromatic N) is 1. The summed E-state index contributed by atoms with van der Waals surface area (Å²) >= 11 is 0. The van der Waals surface area contributed by atoms with E-state index in [0.717, 1.165) is 6.54 Å². The Kier molecular flexibility index (Phi) is 3.82. The molecule has 0 aliphatic carbocycles. The lowest BCUT2D eigenvalue weighted by atomic mass is 10.3. The van der Waals surface area contributed by atoms with Crippen LogP contribution in [0.5, 0.6) is 0 Å². The van der Waals surface area contributed by atoms with Crippen molar-refractivity contribution in [2.24, 2.45) is 5.73 Å². The van der Waals surface area contributed by atoms with E-state index in [1.807, 2.05) is 6.92 Å². The van der Waals surface area contributed by atoms with Gasteiger partial charge in [-0.1, -0.05) is 0 Å². The van der Waals surface area contributed by atoms with Gasteiger partial charge in [-0.15, -0.1) is 0 Å². The average Bonchev–Trinajstić information content (AvgIpc) is 1.63. The van der Waals surface area contributed by atoms with Crippen molar-refractivity contribution >= 4 is 0 Å². The monoisotopic (exact) mass is 130 g/mol. The largest absolute Gasteiger partial charge is 0.327 e. The molecule has 0 saturated heterocycles. The zero-order chi connectivity index (χ0) is 7.44. The lowest BCUT2D eigenvalue weighted by Crippen LogP contribution is -2.36. The summed E-state index contributed by atoms with van der Waals surface area (Å²) < 4.78 is 0. The van der Waals surface area contributed by atoms with Gasteiger partial charge in [-0.3, -0.25) is 0 Å². The maximum atomic E-state index is 5.59. The Morgan fingerprint density at radius 3 is 1.89 bits per heavy atom. The Labute approximate surface area is 58.0 Å². The number of likely N-dealkylation sites (N-methyl/N-ethyl adjacent to an activating group) is 1. The second-order valence-corrected chi connectivity index (χ2v) is 3.01. The fraction of sp³-hybridized carbons (Fsp3) is 1.00. The zero-order valence-electron chi connectivity index (χ0n) is 6.89. The standard InChI is InChI=1S/C7H18N2/c1-6(2)9(4)5-7(3)8/h6-7H,5,8H2,1-4H3. The third-order valence-corrected chi connectivity index (χ3v) is 1.46. The summed E-state index contributed by atoms with van der Waals surface area (Å²) in [5, 5.41) is 0. The van der Waals surface area contributed by atoms with Gasteiger partial charge in [-0.2, -0.15) is 0 Å². The molecule has 0 bridgehead atoms. The summed E-state index contributed by atoms with van der Waals surface area (Å²) in [4.78, 5) is 2.24. The maximum absolute atomic E-state index is 5.59. The average molecular weight is 130 g/mol. The minimum absolute atomic E-state index is 0.289. The molecule has 0 aliphatic rings. The maximum Gasteiger partial charge on any atom is 0.0139 e. The van der Waals surface area contributed by atoms with Crippen LogP contribution in [0.3, 0.4) is 0 Å². The first-order chi connectivity index (χ1) is 4.04. The predicted molar refractivity (Wildman–Crippen MR) is 41.4 cm³/mol. The van der Waals surface area contributed by atoms with E-state index in [4.69, 9.17) is 5.73 Å². The van der Waals surface area contributed by atoms with Crippen molar-refractivity contribution in [2.75, 3.05) is 13.6 Å². The molecular weight excluding hydrogens is 112 g/mol. The van der Waals surface area contributed by atoms with Crippen molar-refractivity contribution in [1.29, 1.82) is 0 Å². The second kappa shape index (κ2) is 3.85. The molecule has 9 heavy (non-hydrogen) atoms. The highest BCUT2D eigenvalue weighted by Crippen LogP contribution is 1.92. The van der Waals surface area contributed by atoms with E-state index in [-0.39, 0.29) is 6.04 Å². The van der Waals surface area contributed by atoms with Crippen molar-refractivity contribution in [1.82, 2.24) is 4.90 Å². The molecule has 0 aromatic rings. The zero-order valence-corrected chi connectivity index (χ0v) is 6.89. The van der Waals surface area contributed by atoms with Gasteiger partial charge in [0.25, 0.3) is 0 Å². The van der Waals surface area contributed by atoms with Gasteiger partial charge in [-0.25, -0.2) is 0 Å². The highest BCUT2D eigenvalue weighted by Gasteiger charge is 2.03. The van der Waals surface area contributed by atoms with E-state index in [1.165, 1.54) is 0 Å². The first-order valence-electron chi connectivity index (χ1n) is 3.50. The van der Waals surface area contributed by atoms with Gasteiger partial charge in [0.1, 0.15) is 0 Å². The molecule has 2 N–H and O–H groups in total. The normalized spacial score (nSPS) is 15.0. The molecule has 0 heterocycles. The second-order valence-electron chi connectivity index (χ2n) is 3.01. The van der Waals surface area contributed by atoms with Crippen LogP contribution in [0.15, 0.2) is 0 Å². The fourth-order valence-corrected chi connectivity index (χ4v) is 0.665.